The number of amides is 1. The summed E-state index contributed by atoms with van der Waals surface area (Å²) in [4.78, 5) is 55.5. The number of carbonyl (C=O) groups excluding carboxylic acids is 1. The first-order valence-corrected chi connectivity index (χ1v) is 20.2. The van der Waals surface area contributed by atoms with Crippen LogP contribution < -0.4 is 37.0 Å². The second kappa shape index (κ2) is 18.4. The van der Waals surface area contributed by atoms with Crippen molar-refractivity contribution in [3.63, 3.8) is 0 Å². The largest absolute Gasteiger partial charge is 0.495 e. The Hall–Kier alpha value is -4.87. The number of hydrogen-bond donors (Lipinski definition) is 3. The molecular weight excluding hydrogens is 733 g/mol. The van der Waals surface area contributed by atoms with Crippen LogP contribution in [-0.4, -0.2) is 111 Å². The smallest absolute Gasteiger partial charge is 0.251 e. The van der Waals surface area contributed by atoms with E-state index in [-0.39, 0.29) is 17.0 Å². The van der Waals surface area contributed by atoms with Crippen LogP contribution in [0.15, 0.2) is 75.4 Å². The lowest BCUT2D eigenvalue weighted by Gasteiger charge is -2.32. The number of methoxy groups -OCH3 is 2. The Kier molecular flexibility index (Phi) is 12.9. The van der Waals surface area contributed by atoms with Crippen molar-refractivity contribution >= 4 is 45.6 Å². The van der Waals surface area contributed by atoms with E-state index in [1.807, 2.05) is 24.3 Å². The van der Waals surface area contributed by atoms with Gasteiger partial charge in [0, 0.05) is 69.1 Å². The molecule has 4 N–H and O–H groups in total. The van der Waals surface area contributed by atoms with Gasteiger partial charge >= 0.3 is 0 Å². The number of thioether (sulfide) groups is 1. The quantitative estimate of drug-likeness (QED) is 0.179. The van der Waals surface area contributed by atoms with Crippen LogP contribution in [0.2, 0.25) is 0 Å². The molecule has 8 rings (SSSR count). The third-order valence-corrected chi connectivity index (χ3v) is 11.7. The molecule has 5 aromatic rings. The van der Waals surface area contributed by atoms with Crippen LogP contribution in [0.1, 0.15) is 31.4 Å². The van der Waals surface area contributed by atoms with Crippen LogP contribution in [0.4, 0.5) is 5.82 Å². The van der Waals surface area contributed by atoms with E-state index in [1.165, 1.54) is 11.8 Å². The van der Waals surface area contributed by atoms with Crippen LogP contribution >= 0.6 is 11.8 Å². The maximum Gasteiger partial charge on any atom is 0.251 e. The Morgan fingerprint density at radius 2 is 1.32 bits per heavy atom. The number of carbonyl (C=O) groups is 1. The first-order chi connectivity index (χ1) is 27.3. The number of anilines is 1. The monoisotopic (exact) mass is 782 g/mol. The second-order valence-corrected chi connectivity index (χ2v) is 15.4. The molecule has 3 aliphatic heterocycles. The van der Waals surface area contributed by atoms with Crippen molar-refractivity contribution in [1.82, 2.24) is 39.2 Å². The SMILES string of the molecule is COc1cnc2ccc(=O)n(CCN3CCC(N)CC3)c2c1.COc1cnc2ccc(=O)n(CCN3CCC(NCc4ccc5c(n4)NC(=O)CS5)CC3)c2c1. The molecule has 16 heteroatoms. The van der Waals surface area contributed by atoms with Crippen molar-refractivity contribution in [3.05, 3.63) is 87.3 Å². The minimum Gasteiger partial charge on any atom is -0.495 e. The first-order valence-electron chi connectivity index (χ1n) is 19.2. The van der Waals surface area contributed by atoms with Gasteiger partial charge in [0.05, 0.1) is 65.0 Å². The van der Waals surface area contributed by atoms with Gasteiger partial charge in [0.1, 0.15) is 17.3 Å². The molecule has 3 aliphatic rings. The predicted molar refractivity (Wildman–Crippen MR) is 219 cm³/mol. The number of rotatable bonds is 11. The standard InChI is InChI=1S/C24H28N6O3S.C16H22N4O2/c1-33-18-12-20-19(26-14-18)3-5-23(32)30(20)11-10-29-8-6-16(7-9-29)25-13-17-2-4-21-24(27-17)28-22(31)15-34-21;1-22-13-10-15-14(18-11-13)2-3-16(21)20(15)9-8-19-6-4-12(17)5-7-19/h2-5,12,14,16,25H,6-11,13,15H2,1H3,(H,27,28,31);2-3,10-12H,4-9,17H2,1H3. The summed E-state index contributed by atoms with van der Waals surface area (Å²) in [6.07, 6.45) is 7.47. The van der Waals surface area contributed by atoms with Gasteiger partial charge in [-0.3, -0.25) is 24.4 Å². The zero-order valence-electron chi connectivity index (χ0n) is 32.0. The Morgan fingerprint density at radius 3 is 1.88 bits per heavy atom. The molecule has 5 aromatic heterocycles. The fourth-order valence-corrected chi connectivity index (χ4v) is 8.11. The summed E-state index contributed by atoms with van der Waals surface area (Å²) in [7, 11) is 3.20. The van der Waals surface area contributed by atoms with Crippen molar-refractivity contribution in [2.75, 3.05) is 64.6 Å². The molecular formula is C40H50N10O5S. The third-order valence-electron chi connectivity index (χ3n) is 10.7. The highest BCUT2D eigenvalue weighted by molar-refractivity contribution is 8.00. The van der Waals surface area contributed by atoms with Crippen LogP contribution in [-0.2, 0) is 24.4 Å². The van der Waals surface area contributed by atoms with Gasteiger partial charge in [0.25, 0.3) is 11.1 Å². The Balaban J connectivity index is 0.000000189. The normalized spacial score (nSPS) is 16.9. The van der Waals surface area contributed by atoms with Gasteiger partial charge in [-0.05, 0) is 76.1 Å². The van der Waals surface area contributed by atoms with E-state index < -0.39 is 0 Å². The molecule has 0 bridgehead atoms. The van der Waals surface area contributed by atoms with Crippen LogP contribution in [0.3, 0.4) is 0 Å². The molecule has 15 nitrogen and oxygen atoms in total. The van der Waals surface area contributed by atoms with Gasteiger partial charge in [-0.15, -0.1) is 11.8 Å². The average molecular weight is 783 g/mol. The zero-order chi connectivity index (χ0) is 39.0. The number of pyridine rings is 5. The lowest BCUT2D eigenvalue weighted by atomic mass is 10.0. The number of nitrogens with one attached hydrogen (secondary N) is 2. The Morgan fingerprint density at radius 1 is 0.768 bits per heavy atom. The van der Waals surface area contributed by atoms with Gasteiger partial charge in [0.15, 0.2) is 0 Å². The highest BCUT2D eigenvalue weighted by Crippen LogP contribution is 2.29. The number of aromatic nitrogens is 5. The summed E-state index contributed by atoms with van der Waals surface area (Å²) in [5, 5.41) is 6.46. The molecule has 2 fully saturated rings. The number of nitrogens with zero attached hydrogens (tertiary/aromatic N) is 7. The van der Waals surface area contributed by atoms with Crippen LogP contribution in [0.25, 0.3) is 22.1 Å². The van der Waals surface area contributed by atoms with Crippen molar-refractivity contribution in [3.8, 4) is 11.5 Å². The number of piperidine rings is 2. The minimum absolute atomic E-state index is 0.00337. The van der Waals surface area contributed by atoms with Crippen LogP contribution in [0, 0.1) is 0 Å². The number of fused-ring (bicyclic) bond motifs is 3. The van der Waals surface area contributed by atoms with E-state index in [0.29, 0.717) is 54.8 Å². The Labute approximate surface area is 329 Å². The molecule has 0 spiro atoms. The third kappa shape index (κ3) is 9.73. The molecule has 2 saturated heterocycles. The number of ether oxygens (including phenoxy) is 2. The number of hydrogen-bond acceptors (Lipinski definition) is 13. The topological polar surface area (TPSA) is 175 Å². The summed E-state index contributed by atoms with van der Waals surface area (Å²) in [5.41, 5.74) is 10.1. The van der Waals surface area contributed by atoms with Crippen molar-refractivity contribution < 1.29 is 14.3 Å². The number of likely N-dealkylation sites (tertiary alicyclic amines) is 2. The van der Waals surface area contributed by atoms with Gasteiger partial charge in [-0.2, -0.15) is 0 Å². The molecule has 56 heavy (non-hydrogen) atoms. The minimum atomic E-state index is -0.0220. The summed E-state index contributed by atoms with van der Waals surface area (Å²) in [6, 6.07) is 15.2. The predicted octanol–water partition coefficient (Wildman–Crippen LogP) is 2.93. The van der Waals surface area contributed by atoms with Crippen molar-refractivity contribution in [2.45, 2.75) is 62.3 Å². The fourth-order valence-electron chi connectivity index (χ4n) is 7.35. The van der Waals surface area contributed by atoms with Crippen LogP contribution in [0.5, 0.6) is 11.5 Å². The van der Waals surface area contributed by atoms with E-state index >= 15 is 0 Å². The summed E-state index contributed by atoms with van der Waals surface area (Å²) < 4.78 is 14.1. The lowest BCUT2D eigenvalue weighted by Crippen LogP contribution is -2.43. The summed E-state index contributed by atoms with van der Waals surface area (Å²) in [5.74, 6) is 2.44. The highest BCUT2D eigenvalue weighted by Gasteiger charge is 2.21. The van der Waals surface area contributed by atoms with Crippen molar-refractivity contribution in [1.29, 1.82) is 0 Å². The van der Waals surface area contributed by atoms with E-state index in [4.69, 9.17) is 15.2 Å². The van der Waals surface area contributed by atoms with E-state index in [1.54, 1.807) is 60.0 Å². The molecule has 1 amide bonds. The second-order valence-electron chi connectivity index (χ2n) is 14.4. The lowest BCUT2D eigenvalue weighted by molar-refractivity contribution is -0.113. The average Bonchev–Trinajstić information content (AvgIpc) is 3.22. The molecule has 296 valence electrons. The molecule has 0 saturated carbocycles. The van der Waals surface area contributed by atoms with E-state index in [2.05, 4.69) is 35.4 Å². The summed E-state index contributed by atoms with van der Waals surface area (Å²) in [6.45, 7) is 7.57. The van der Waals surface area contributed by atoms with Gasteiger partial charge in [0.2, 0.25) is 5.91 Å². The maximum atomic E-state index is 12.5. The van der Waals surface area contributed by atoms with Crippen molar-refractivity contribution in [2.24, 2.45) is 5.73 Å². The van der Waals surface area contributed by atoms with E-state index in [0.717, 1.165) is 97.6 Å². The Bertz CT molecular complexity index is 2270. The van der Waals surface area contributed by atoms with Gasteiger partial charge < -0.3 is 44.8 Å². The summed E-state index contributed by atoms with van der Waals surface area (Å²) >= 11 is 1.53. The molecule has 0 aliphatic carbocycles. The zero-order valence-corrected chi connectivity index (χ0v) is 32.8. The molecule has 0 aromatic carbocycles. The molecule has 0 radical (unpaired) electrons. The fraction of sp³-hybridized carbons (Fsp3) is 0.450. The highest BCUT2D eigenvalue weighted by atomic mass is 32.2. The molecule has 0 atom stereocenters. The molecule has 8 heterocycles. The maximum absolute atomic E-state index is 12.5. The van der Waals surface area contributed by atoms with E-state index in [9.17, 15) is 14.4 Å². The molecule has 0 unspecified atom stereocenters. The first kappa shape index (κ1) is 39.4. The van der Waals surface area contributed by atoms with Gasteiger partial charge in [-0.25, -0.2) is 4.98 Å². The number of nitrogens with two attached hydrogens (primary N) is 1. The van der Waals surface area contributed by atoms with Gasteiger partial charge in [-0.1, -0.05) is 0 Å².